The number of aliphatic hydroxyl groups excluding tert-OH is 3. The van der Waals surface area contributed by atoms with Gasteiger partial charge in [0.05, 0.1) is 18.5 Å². The molecule has 0 amide bonds. The summed E-state index contributed by atoms with van der Waals surface area (Å²) in [6, 6.07) is 0.387. The number of imidazole rings is 1. The Labute approximate surface area is 138 Å². The maximum atomic E-state index is 10.2. The number of hydrogen-bond donors (Lipinski definition) is 4. The Kier molecular flexibility index (Phi) is 4.09. The molecule has 2 fully saturated rings. The van der Waals surface area contributed by atoms with Crippen LogP contribution in [-0.4, -0.2) is 65.9 Å². The van der Waals surface area contributed by atoms with Gasteiger partial charge in [-0.2, -0.15) is 5.10 Å². The fourth-order valence-electron chi connectivity index (χ4n) is 3.54. The summed E-state index contributed by atoms with van der Waals surface area (Å²) < 4.78 is 7.13. The standard InChI is InChI=1S/C15H21N5O4/c21-6-10-11(22)12(23)13(24-10)9-5-16-15-14(17-7-18-20(9)15)19-8-3-1-2-4-8/h5,7-8,10-13,21-23H,1-4,6H2,(H,17,18,19)/t10-,11-,12-,13?/m1/s1. The van der Waals surface area contributed by atoms with Gasteiger partial charge < -0.3 is 25.4 Å². The van der Waals surface area contributed by atoms with Gasteiger partial charge in [0.25, 0.3) is 0 Å². The summed E-state index contributed by atoms with van der Waals surface area (Å²) in [5.41, 5.74) is 1.07. The zero-order valence-corrected chi connectivity index (χ0v) is 13.1. The second kappa shape index (κ2) is 6.25. The van der Waals surface area contributed by atoms with Crippen molar-refractivity contribution in [3.05, 3.63) is 18.2 Å². The van der Waals surface area contributed by atoms with Crippen molar-refractivity contribution >= 4 is 11.5 Å². The normalized spacial score (nSPS) is 31.1. The van der Waals surface area contributed by atoms with Crippen LogP contribution in [0, 0.1) is 0 Å². The van der Waals surface area contributed by atoms with Gasteiger partial charge in [-0.3, -0.25) is 0 Å². The highest BCUT2D eigenvalue weighted by Crippen LogP contribution is 2.34. The summed E-state index contributed by atoms with van der Waals surface area (Å²) >= 11 is 0. The summed E-state index contributed by atoms with van der Waals surface area (Å²) in [4.78, 5) is 8.63. The lowest BCUT2D eigenvalue weighted by Crippen LogP contribution is -2.32. The molecule has 3 heterocycles. The molecule has 1 aliphatic carbocycles. The third-order valence-electron chi connectivity index (χ3n) is 4.86. The first-order valence-electron chi connectivity index (χ1n) is 8.26. The first kappa shape index (κ1) is 15.7. The second-order valence-corrected chi connectivity index (χ2v) is 6.41. The van der Waals surface area contributed by atoms with Gasteiger partial charge in [0.1, 0.15) is 30.7 Å². The summed E-state index contributed by atoms with van der Waals surface area (Å²) in [6.45, 7) is -0.366. The van der Waals surface area contributed by atoms with Crippen molar-refractivity contribution < 1.29 is 20.1 Å². The summed E-state index contributed by atoms with van der Waals surface area (Å²) in [7, 11) is 0. The van der Waals surface area contributed by atoms with E-state index in [9.17, 15) is 15.3 Å². The molecule has 4 N–H and O–H groups in total. The summed E-state index contributed by atoms with van der Waals surface area (Å²) in [5.74, 6) is 0.648. The molecule has 1 aliphatic heterocycles. The van der Waals surface area contributed by atoms with Crippen LogP contribution >= 0.6 is 0 Å². The van der Waals surface area contributed by atoms with Crippen LogP contribution in [0.4, 0.5) is 5.82 Å². The molecular formula is C15H21N5O4. The van der Waals surface area contributed by atoms with Crippen LogP contribution in [0.25, 0.3) is 5.65 Å². The molecule has 9 nitrogen and oxygen atoms in total. The number of anilines is 1. The van der Waals surface area contributed by atoms with Crippen molar-refractivity contribution in [3.8, 4) is 0 Å². The summed E-state index contributed by atoms with van der Waals surface area (Å²) in [5, 5.41) is 37.0. The maximum absolute atomic E-state index is 10.2. The van der Waals surface area contributed by atoms with Gasteiger partial charge in [0, 0.05) is 6.04 Å². The second-order valence-electron chi connectivity index (χ2n) is 6.41. The van der Waals surface area contributed by atoms with E-state index in [1.807, 2.05) is 0 Å². The van der Waals surface area contributed by atoms with Crippen LogP contribution in [0.3, 0.4) is 0 Å². The monoisotopic (exact) mass is 335 g/mol. The van der Waals surface area contributed by atoms with Crippen LogP contribution in [0.5, 0.6) is 0 Å². The SMILES string of the molecule is OC[C@H]1OC(c2cnc3c(NC4CCCC4)ncnn23)[C@H](O)[C@@H]1O. The van der Waals surface area contributed by atoms with Crippen molar-refractivity contribution in [2.75, 3.05) is 11.9 Å². The van der Waals surface area contributed by atoms with E-state index in [1.165, 1.54) is 19.2 Å². The predicted octanol–water partition coefficient (Wildman–Crippen LogP) is -0.367. The lowest BCUT2D eigenvalue weighted by Gasteiger charge is -2.15. The van der Waals surface area contributed by atoms with Gasteiger partial charge in [0.15, 0.2) is 11.5 Å². The average Bonchev–Trinajstić information content (AvgIpc) is 3.30. The molecule has 4 atom stereocenters. The van der Waals surface area contributed by atoms with E-state index < -0.39 is 24.4 Å². The molecule has 2 aromatic rings. The Morgan fingerprint density at radius 1 is 1.21 bits per heavy atom. The highest BCUT2D eigenvalue weighted by atomic mass is 16.6. The van der Waals surface area contributed by atoms with E-state index in [4.69, 9.17) is 4.74 Å². The number of fused-ring (bicyclic) bond motifs is 1. The van der Waals surface area contributed by atoms with Gasteiger partial charge in [-0.15, -0.1) is 0 Å². The number of rotatable bonds is 4. The molecule has 2 aliphatic rings. The fourth-order valence-corrected chi connectivity index (χ4v) is 3.54. The van der Waals surface area contributed by atoms with E-state index in [0.29, 0.717) is 23.2 Å². The molecule has 24 heavy (non-hydrogen) atoms. The Hall–Kier alpha value is -1.81. The molecule has 1 unspecified atom stereocenters. The molecule has 4 rings (SSSR count). The van der Waals surface area contributed by atoms with E-state index in [1.54, 1.807) is 10.7 Å². The van der Waals surface area contributed by atoms with Gasteiger partial charge in [0.2, 0.25) is 0 Å². The molecule has 130 valence electrons. The highest BCUT2D eigenvalue weighted by Gasteiger charge is 2.44. The molecule has 0 aromatic carbocycles. The minimum absolute atomic E-state index is 0.366. The zero-order chi connectivity index (χ0) is 16.7. The number of aromatic nitrogens is 4. The maximum Gasteiger partial charge on any atom is 0.197 e. The third-order valence-corrected chi connectivity index (χ3v) is 4.86. The summed E-state index contributed by atoms with van der Waals surface area (Å²) in [6.07, 6.45) is 3.70. The van der Waals surface area contributed by atoms with Crippen LogP contribution in [-0.2, 0) is 4.74 Å². The van der Waals surface area contributed by atoms with Gasteiger partial charge in [-0.05, 0) is 12.8 Å². The Bertz CT molecular complexity index is 717. The van der Waals surface area contributed by atoms with Crippen molar-refractivity contribution in [3.63, 3.8) is 0 Å². The van der Waals surface area contributed by atoms with Crippen LogP contribution in [0.15, 0.2) is 12.5 Å². The number of aliphatic hydroxyl groups is 3. The molecule has 0 radical (unpaired) electrons. The Morgan fingerprint density at radius 3 is 2.71 bits per heavy atom. The number of nitrogens with one attached hydrogen (secondary N) is 1. The van der Waals surface area contributed by atoms with E-state index in [0.717, 1.165) is 12.8 Å². The number of ether oxygens (including phenoxy) is 1. The molecule has 1 saturated carbocycles. The van der Waals surface area contributed by atoms with Gasteiger partial charge in [-0.25, -0.2) is 14.5 Å². The largest absolute Gasteiger partial charge is 0.394 e. The average molecular weight is 335 g/mol. The van der Waals surface area contributed by atoms with E-state index >= 15 is 0 Å². The first-order valence-corrected chi connectivity index (χ1v) is 8.26. The van der Waals surface area contributed by atoms with Crippen molar-refractivity contribution in [2.45, 2.75) is 56.1 Å². The number of hydrogen-bond acceptors (Lipinski definition) is 8. The lowest BCUT2D eigenvalue weighted by atomic mass is 10.1. The highest BCUT2D eigenvalue weighted by molar-refractivity contribution is 5.62. The minimum Gasteiger partial charge on any atom is -0.394 e. The van der Waals surface area contributed by atoms with Crippen molar-refractivity contribution in [2.24, 2.45) is 0 Å². The fraction of sp³-hybridized carbons (Fsp3) is 0.667. The first-order chi connectivity index (χ1) is 11.7. The molecular weight excluding hydrogens is 314 g/mol. The predicted molar refractivity (Wildman–Crippen MR) is 83.4 cm³/mol. The van der Waals surface area contributed by atoms with E-state index in [2.05, 4.69) is 20.4 Å². The van der Waals surface area contributed by atoms with Crippen molar-refractivity contribution in [1.82, 2.24) is 19.6 Å². The smallest absolute Gasteiger partial charge is 0.197 e. The molecule has 9 heteroatoms. The topological polar surface area (TPSA) is 125 Å². The van der Waals surface area contributed by atoms with E-state index in [-0.39, 0.29) is 6.61 Å². The van der Waals surface area contributed by atoms with Crippen LogP contribution in [0.2, 0.25) is 0 Å². The molecule has 0 bridgehead atoms. The molecule has 2 aromatic heterocycles. The van der Waals surface area contributed by atoms with Crippen LogP contribution in [0.1, 0.15) is 37.5 Å². The number of nitrogens with zero attached hydrogens (tertiary/aromatic N) is 4. The lowest BCUT2D eigenvalue weighted by molar-refractivity contribution is -0.0244. The Balaban J connectivity index is 1.65. The molecule has 1 saturated heterocycles. The molecule has 0 spiro atoms. The third kappa shape index (κ3) is 2.53. The Morgan fingerprint density at radius 2 is 2.00 bits per heavy atom. The van der Waals surface area contributed by atoms with Crippen LogP contribution < -0.4 is 5.32 Å². The quantitative estimate of drug-likeness (QED) is 0.597. The van der Waals surface area contributed by atoms with Gasteiger partial charge >= 0.3 is 0 Å². The van der Waals surface area contributed by atoms with Crippen molar-refractivity contribution in [1.29, 1.82) is 0 Å². The minimum atomic E-state index is -1.15. The zero-order valence-electron chi connectivity index (χ0n) is 13.1. The van der Waals surface area contributed by atoms with Gasteiger partial charge in [-0.1, -0.05) is 12.8 Å².